The highest BCUT2D eigenvalue weighted by atomic mass is 31.1. The van der Waals surface area contributed by atoms with E-state index >= 15 is 0 Å². The number of hydrogen-bond donors (Lipinski definition) is 0. The zero-order valence-corrected chi connectivity index (χ0v) is 15.8. The molecule has 1 saturated heterocycles. The van der Waals surface area contributed by atoms with Gasteiger partial charge in [-0.2, -0.15) is 0 Å². The molecule has 0 aromatic heterocycles. The fourth-order valence-electron chi connectivity index (χ4n) is 3.01. The zero-order valence-electron chi connectivity index (χ0n) is 13.9. The van der Waals surface area contributed by atoms with Crippen molar-refractivity contribution in [2.45, 2.75) is 6.42 Å². The lowest BCUT2D eigenvalue weighted by atomic mass is 10.2. The molecule has 1 nitrogen and oxygen atoms in total. The Morgan fingerprint density at radius 2 is 1.36 bits per heavy atom. The molecule has 1 aliphatic heterocycles. The molecule has 25 heavy (non-hydrogen) atoms. The SMILES string of the molecule is c1ccc(P/C(=C2/CCOP2c2ccccc2)c2ccccc2)cc1. The predicted octanol–water partition coefficient (Wildman–Crippen LogP) is 5.50. The normalized spacial score (nSPS) is 19.4. The molecule has 1 aliphatic rings. The minimum absolute atomic E-state index is 0.654. The summed E-state index contributed by atoms with van der Waals surface area (Å²) in [4.78, 5) is 0. The topological polar surface area (TPSA) is 9.23 Å². The van der Waals surface area contributed by atoms with Crippen LogP contribution in [0.5, 0.6) is 0 Å². The van der Waals surface area contributed by atoms with Crippen LogP contribution in [0.3, 0.4) is 0 Å². The first-order valence-electron chi connectivity index (χ1n) is 8.50. The first-order chi connectivity index (χ1) is 12.4. The molecule has 0 spiro atoms. The van der Waals surface area contributed by atoms with Crippen LogP contribution in [0.2, 0.25) is 0 Å². The molecular weight excluding hydrogens is 342 g/mol. The third-order valence-electron chi connectivity index (χ3n) is 4.19. The minimum Gasteiger partial charge on any atom is -0.350 e. The lowest BCUT2D eigenvalue weighted by molar-refractivity contribution is 0.391. The van der Waals surface area contributed by atoms with Gasteiger partial charge in [0.15, 0.2) is 0 Å². The van der Waals surface area contributed by atoms with Gasteiger partial charge in [0.2, 0.25) is 0 Å². The second-order valence-corrected chi connectivity index (χ2v) is 9.12. The average Bonchev–Trinajstić information content (AvgIpc) is 3.18. The summed E-state index contributed by atoms with van der Waals surface area (Å²) < 4.78 is 6.20. The fourth-order valence-corrected chi connectivity index (χ4v) is 6.68. The summed E-state index contributed by atoms with van der Waals surface area (Å²) in [6.45, 7) is 0.825. The molecule has 0 bridgehead atoms. The standard InChI is InChI=1S/C22H20OP2/c1-4-10-18(11-5-1)22(24-19-12-6-2-7-13-19)21-16-17-23-25(21)20-14-8-3-9-15-20/h1-15,24H,16-17H2/b22-21-. The van der Waals surface area contributed by atoms with Crippen molar-refractivity contribution in [3.05, 3.63) is 102 Å². The molecule has 124 valence electrons. The highest BCUT2D eigenvalue weighted by Gasteiger charge is 2.27. The van der Waals surface area contributed by atoms with Crippen LogP contribution in [0.15, 0.2) is 96.3 Å². The Morgan fingerprint density at radius 3 is 2.04 bits per heavy atom. The quantitative estimate of drug-likeness (QED) is 0.557. The summed E-state index contributed by atoms with van der Waals surface area (Å²) in [6, 6.07) is 32.3. The smallest absolute Gasteiger partial charge is 0.0883 e. The fraction of sp³-hybridized carbons (Fsp3) is 0.0909. The molecule has 3 heteroatoms. The van der Waals surface area contributed by atoms with Crippen LogP contribution >= 0.6 is 16.7 Å². The number of rotatable bonds is 4. The molecule has 0 saturated carbocycles. The van der Waals surface area contributed by atoms with Gasteiger partial charge in [-0.25, -0.2) is 0 Å². The zero-order chi connectivity index (χ0) is 16.9. The molecule has 2 atom stereocenters. The van der Waals surface area contributed by atoms with Crippen molar-refractivity contribution >= 4 is 32.7 Å². The predicted molar refractivity (Wildman–Crippen MR) is 111 cm³/mol. The van der Waals surface area contributed by atoms with Crippen LogP contribution in [0.25, 0.3) is 5.31 Å². The molecule has 0 amide bonds. The van der Waals surface area contributed by atoms with E-state index < -0.39 is 8.15 Å². The molecule has 0 aliphatic carbocycles. The average molecular weight is 362 g/mol. The Morgan fingerprint density at radius 1 is 0.760 bits per heavy atom. The van der Waals surface area contributed by atoms with Crippen LogP contribution in [0, 0.1) is 0 Å². The highest BCUT2D eigenvalue weighted by molar-refractivity contribution is 7.68. The van der Waals surface area contributed by atoms with E-state index in [1.54, 1.807) is 0 Å². The van der Waals surface area contributed by atoms with Crippen LogP contribution in [0.4, 0.5) is 0 Å². The van der Waals surface area contributed by atoms with Crippen LogP contribution < -0.4 is 10.6 Å². The van der Waals surface area contributed by atoms with Gasteiger partial charge in [0.25, 0.3) is 0 Å². The molecule has 3 aromatic rings. The number of benzene rings is 3. The van der Waals surface area contributed by atoms with Gasteiger partial charge in [0.05, 0.1) is 14.8 Å². The van der Waals surface area contributed by atoms with Gasteiger partial charge >= 0.3 is 0 Å². The second kappa shape index (κ2) is 8.07. The van der Waals surface area contributed by atoms with Crippen LogP contribution in [-0.4, -0.2) is 6.61 Å². The van der Waals surface area contributed by atoms with Crippen molar-refractivity contribution < 1.29 is 4.52 Å². The first kappa shape index (κ1) is 16.7. The minimum atomic E-state index is -0.676. The lowest BCUT2D eigenvalue weighted by Gasteiger charge is -2.18. The summed E-state index contributed by atoms with van der Waals surface area (Å²) in [6.07, 6.45) is 1.03. The van der Waals surface area contributed by atoms with Crippen LogP contribution in [-0.2, 0) is 4.52 Å². The maximum atomic E-state index is 6.20. The van der Waals surface area contributed by atoms with Gasteiger partial charge < -0.3 is 4.52 Å². The molecule has 1 heterocycles. The summed E-state index contributed by atoms with van der Waals surface area (Å²) in [5.41, 5.74) is 1.33. The van der Waals surface area contributed by atoms with E-state index in [-0.39, 0.29) is 0 Å². The summed E-state index contributed by atoms with van der Waals surface area (Å²) >= 11 is 0. The summed E-state index contributed by atoms with van der Waals surface area (Å²) in [7, 11) is -0.0226. The van der Waals surface area contributed by atoms with Gasteiger partial charge in [-0.15, -0.1) is 0 Å². The summed E-state index contributed by atoms with van der Waals surface area (Å²) in [5.74, 6) is 0. The Balaban J connectivity index is 1.79. The second-order valence-electron chi connectivity index (χ2n) is 5.89. The maximum Gasteiger partial charge on any atom is 0.0883 e. The molecule has 2 unspecified atom stereocenters. The van der Waals surface area contributed by atoms with Crippen molar-refractivity contribution in [3.63, 3.8) is 0 Å². The van der Waals surface area contributed by atoms with Crippen molar-refractivity contribution in [1.82, 2.24) is 0 Å². The first-order valence-corrected chi connectivity index (χ1v) is 10.8. The van der Waals surface area contributed by atoms with Crippen molar-refractivity contribution in [3.8, 4) is 0 Å². The molecule has 3 aromatic carbocycles. The largest absolute Gasteiger partial charge is 0.350 e. The van der Waals surface area contributed by atoms with Crippen molar-refractivity contribution in [1.29, 1.82) is 0 Å². The van der Waals surface area contributed by atoms with Gasteiger partial charge in [0, 0.05) is 5.30 Å². The van der Waals surface area contributed by atoms with E-state index in [1.807, 2.05) is 0 Å². The van der Waals surface area contributed by atoms with E-state index in [1.165, 1.54) is 26.8 Å². The Labute approximate surface area is 152 Å². The summed E-state index contributed by atoms with van der Waals surface area (Å²) in [5, 5.41) is 5.65. The van der Waals surface area contributed by atoms with E-state index in [9.17, 15) is 0 Å². The molecule has 0 radical (unpaired) electrons. The van der Waals surface area contributed by atoms with Gasteiger partial charge in [0.1, 0.15) is 0 Å². The van der Waals surface area contributed by atoms with Crippen molar-refractivity contribution in [2.24, 2.45) is 0 Å². The van der Waals surface area contributed by atoms with Gasteiger partial charge in [-0.05, 0) is 27.9 Å². The van der Waals surface area contributed by atoms with E-state index in [0.29, 0.717) is 8.58 Å². The molecular formula is C22H20OP2. The molecule has 1 fully saturated rings. The van der Waals surface area contributed by atoms with Crippen LogP contribution in [0.1, 0.15) is 12.0 Å². The third-order valence-corrected chi connectivity index (χ3v) is 8.01. The monoisotopic (exact) mass is 362 g/mol. The van der Waals surface area contributed by atoms with E-state index in [0.717, 1.165) is 13.0 Å². The van der Waals surface area contributed by atoms with Gasteiger partial charge in [-0.3, -0.25) is 0 Å². The molecule has 4 rings (SSSR count). The van der Waals surface area contributed by atoms with Crippen molar-refractivity contribution in [2.75, 3.05) is 6.61 Å². The third kappa shape index (κ3) is 3.91. The Bertz CT molecular complexity index is 845. The van der Waals surface area contributed by atoms with Gasteiger partial charge in [-0.1, -0.05) is 99.6 Å². The van der Waals surface area contributed by atoms with E-state index in [2.05, 4.69) is 91.0 Å². The Hall–Kier alpha value is -1.78. The van der Waals surface area contributed by atoms with E-state index in [4.69, 9.17) is 4.52 Å². The maximum absolute atomic E-state index is 6.20. The Kier molecular flexibility index (Phi) is 5.38. The number of hydrogen-bond acceptors (Lipinski definition) is 1. The lowest BCUT2D eigenvalue weighted by Crippen LogP contribution is -2.01. The highest BCUT2D eigenvalue weighted by Crippen LogP contribution is 2.57. The molecule has 0 N–H and O–H groups in total.